The van der Waals surface area contributed by atoms with E-state index < -0.39 is 5.41 Å². The summed E-state index contributed by atoms with van der Waals surface area (Å²) in [5, 5.41) is 12.5. The average molecular weight is 271 g/mol. The third kappa shape index (κ3) is 2.30. The number of hydrogen-bond donors (Lipinski definition) is 2. The molecule has 18 heavy (non-hydrogen) atoms. The van der Waals surface area contributed by atoms with Gasteiger partial charge in [-0.25, -0.2) is 0 Å². The highest BCUT2D eigenvalue weighted by molar-refractivity contribution is 7.99. The molecule has 1 heterocycles. The van der Waals surface area contributed by atoms with Crippen LogP contribution in [0, 0.1) is 5.41 Å². The van der Waals surface area contributed by atoms with Gasteiger partial charge in [0.2, 0.25) is 5.91 Å². The molecule has 0 aromatic rings. The molecule has 1 atom stereocenters. The fourth-order valence-electron chi connectivity index (χ4n) is 2.96. The minimum absolute atomic E-state index is 0.0578. The Morgan fingerprint density at radius 1 is 1.50 bits per heavy atom. The first-order valence-electron chi connectivity index (χ1n) is 6.49. The van der Waals surface area contributed by atoms with E-state index in [2.05, 4.69) is 12.1 Å². The Kier molecular flexibility index (Phi) is 4.04. The van der Waals surface area contributed by atoms with E-state index in [9.17, 15) is 4.79 Å². The van der Waals surface area contributed by atoms with Crippen LogP contribution < -0.4 is 5.73 Å². The molecule has 5 nitrogen and oxygen atoms in total. The fourth-order valence-corrected chi connectivity index (χ4v) is 3.97. The monoisotopic (exact) mass is 271 g/mol. The van der Waals surface area contributed by atoms with Crippen molar-refractivity contribution in [2.24, 2.45) is 16.3 Å². The maximum atomic E-state index is 12.7. The summed E-state index contributed by atoms with van der Waals surface area (Å²) in [4.78, 5) is 14.6. The first-order chi connectivity index (χ1) is 8.60. The van der Waals surface area contributed by atoms with E-state index in [1.807, 2.05) is 16.7 Å². The third-order valence-corrected chi connectivity index (χ3v) is 5.13. The van der Waals surface area contributed by atoms with Crippen LogP contribution in [0.2, 0.25) is 0 Å². The number of nitrogens with zero attached hydrogens (tertiary/aromatic N) is 2. The number of rotatable bonds is 2. The lowest BCUT2D eigenvalue weighted by molar-refractivity contribution is -0.138. The van der Waals surface area contributed by atoms with Gasteiger partial charge in [0.1, 0.15) is 5.41 Å². The lowest BCUT2D eigenvalue weighted by Gasteiger charge is -2.37. The molecular formula is C12H21N3O2S. The summed E-state index contributed by atoms with van der Waals surface area (Å²) in [6.45, 7) is 3.67. The van der Waals surface area contributed by atoms with Gasteiger partial charge in [-0.2, -0.15) is 11.8 Å². The van der Waals surface area contributed by atoms with Crippen LogP contribution in [0.3, 0.4) is 0 Å². The predicted molar refractivity (Wildman–Crippen MR) is 72.8 cm³/mol. The Morgan fingerprint density at radius 2 is 2.17 bits per heavy atom. The summed E-state index contributed by atoms with van der Waals surface area (Å²) < 4.78 is 0. The minimum Gasteiger partial charge on any atom is -0.409 e. The molecule has 0 radical (unpaired) electrons. The number of carbonyl (C=O) groups excluding carboxylic acids is 1. The van der Waals surface area contributed by atoms with Crippen LogP contribution in [-0.4, -0.2) is 45.9 Å². The Hall–Kier alpha value is -0.910. The van der Waals surface area contributed by atoms with Gasteiger partial charge in [-0.3, -0.25) is 4.79 Å². The van der Waals surface area contributed by atoms with Crippen molar-refractivity contribution in [1.29, 1.82) is 0 Å². The molecule has 1 unspecified atom stereocenters. The SMILES string of the molecule is CC1CN(C(=O)C2(C(N)=NO)CCCC2)CCS1. The molecule has 3 N–H and O–H groups in total. The van der Waals surface area contributed by atoms with E-state index >= 15 is 0 Å². The zero-order valence-corrected chi connectivity index (χ0v) is 11.6. The van der Waals surface area contributed by atoms with Crippen molar-refractivity contribution in [2.45, 2.75) is 37.9 Å². The molecule has 2 rings (SSSR count). The number of carbonyl (C=O) groups is 1. The van der Waals surface area contributed by atoms with Crippen molar-refractivity contribution in [1.82, 2.24) is 4.90 Å². The van der Waals surface area contributed by atoms with Crippen LogP contribution >= 0.6 is 11.8 Å². The topological polar surface area (TPSA) is 78.9 Å². The molecule has 1 saturated carbocycles. The number of nitrogens with two attached hydrogens (primary N) is 1. The largest absolute Gasteiger partial charge is 0.409 e. The van der Waals surface area contributed by atoms with E-state index in [4.69, 9.17) is 10.9 Å². The number of amidine groups is 1. The Balaban J connectivity index is 2.18. The zero-order chi connectivity index (χ0) is 13.2. The number of amides is 1. The highest BCUT2D eigenvalue weighted by atomic mass is 32.2. The third-order valence-electron chi connectivity index (χ3n) is 3.99. The minimum atomic E-state index is -0.740. The van der Waals surface area contributed by atoms with Gasteiger partial charge in [0.25, 0.3) is 0 Å². The van der Waals surface area contributed by atoms with Crippen molar-refractivity contribution in [3.8, 4) is 0 Å². The molecule has 0 bridgehead atoms. The van der Waals surface area contributed by atoms with Crippen LogP contribution in [0.25, 0.3) is 0 Å². The van der Waals surface area contributed by atoms with Crippen LogP contribution in [0.1, 0.15) is 32.6 Å². The fraction of sp³-hybridized carbons (Fsp3) is 0.833. The van der Waals surface area contributed by atoms with E-state index in [0.717, 1.165) is 31.7 Å². The lowest BCUT2D eigenvalue weighted by Crippen LogP contribution is -2.53. The molecule has 2 aliphatic rings. The average Bonchev–Trinajstić information content (AvgIpc) is 2.87. The van der Waals surface area contributed by atoms with Gasteiger partial charge in [-0.1, -0.05) is 24.9 Å². The summed E-state index contributed by atoms with van der Waals surface area (Å²) in [7, 11) is 0. The Bertz CT molecular complexity index is 353. The van der Waals surface area contributed by atoms with Gasteiger partial charge < -0.3 is 15.8 Å². The van der Waals surface area contributed by atoms with E-state index in [-0.39, 0.29) is 11.7 Å². The van der Waals surface area contributed by atoms with Crippen LogP contribution in [0.15, 0.2) is 5.16 Å². The zero-order valence-electron chi connectivity index (χ0n) is 10.8. The Morgan fingerprint density at radius 3 is 2.72 bits per heavy atom. The second-order valence-electron chi connectivity index (χ2n) is 5.21. The Labute approximate surface area is 112 Å². The van der Waals surface area contributed by atoms with Crippen LogP contribution in [-0.2, 0) is 4.79 Å². The summed E-state index contributed by atoms with van der Waals surface area (Å²) in [6.07, 6.45) is 3.36. The van der Waals surface area contributed by atoms with E-state index in [1.54, 1.807) is 0 Å². The van der Waals surface area contributed by atoms with Crippen LogP contribution in [0.4, 0.5) is 0 Å². The quantitative estimate of drug-likeness (QED) is 0.343. The molecule has 102 valence electrons. The first kappa shape index (κ1) is 13.5. The molecule has 1 aliphatic heterocycles. The number of oxime groups is 1. The van der Waals surface area contributed by atoms with Crippen molar-refractivity contribution in [3.63, 3.8) is 0 Å². The number of hydrogen-bond acceptors (Lipinski definition) is 4. The summed E-state index contributed by atoms with van der Waals surface area (Å²) >= 11 is 1.89. The smallest absolute Gasteiger partial charge is 0.236 e. The molecular weight excluding hydrogens is 250 g/mol. The molecule has 1 amide bonds. The standard InChI is InChI=1S/C12H21N3O2S/c1-9-8-15(6-7-18-9)11(16)12(10(13)14-17)4-2-3-5-12/h9,17H,2-8H2,1H3,(H2,13,14). The second-order valence-corrected chi connectivity index (χ2v) is 6.75. The molecule has 0 aromatic heterocycles. The van der Waals surface area contributed by atoms with Gasteiger partial charge in [0.05, 0.1) is 0 Å². The van der Waals surface area contributed by atoms with Gasteiger partial charge in [-0.05, 0) is 12.8 Å². The molecule has 6 heteroatoms. The predicted octanol–water partition coefficient (Wildman–Crippen LogP) is 1.26. The summed E-state index contributed by atoms with van der Waals surface area (Å²) in [5.74, 6) is 1.12. The van der Waals surface area contributed by atoms with Crippen LogP contribution in [0.5, 0.6) is 0 Å². The molecule has 1 aliphatic carbocycles. The molecule has 0 spiro atoms. The van der Waals surface area contributed by atoms with Gasteiger partial charge in [-0.15, -0.1) is 0 Å². The molecule has 1 saturated heterocycles. The highest BCUT2D eigenvalue weighted by Gasteiger charge is 2.47. The van der Waals surface area contributed by atoms with E-state index in [0.29, 0.717) is 18.1 Å². The van der Waals surface area contributed by atoms with Gasteiger partial charge >= 0.3 is 0 Å². The maximum Gasteiger partial charge on any atom is 0.236 e. The van der Waals surface area contributed by atoms with Crippen molar-refractivity contribution in [3.05, 3.63) is 0 Å². The van der Waals surface area contributed by atoms with Gasteiger partial charge in [0.15, 0.2) is 5.84 Å². The van der Waals surface area contributed by atoms with E-state index in [1.165, 1.54) is 0 Å². The second kappa shape index (κ2) is 5.38. The maximum absolute atomic E-state index is 12.7. The number of thioether (sulfide) groups is 1. The summed E-state index contributed by atoms with van der Waals surface area (Å²) in [5.41, 5.74) is 5.06. The normalized spacial score (nSPS) is 28.4. The van der Waals surface area contributed by atoms with Crippen molar-refractivity contribution >= 4 is 23.5 Å². The highest BCUT2D eigenvalue weighted by Crippen LogP contribution is 2.40. The lowest BCUT2D eigenvalue weighted by atomic mass is 9.83. The van der Waals surface area contributed by atoms with Gasteiger partial charge in [0, 0.05) is 24.1 Å². The summed E-state index contributed by atoms with van der Waals surface area (Å²) in [6, 6.07) is 0. The molecule has 0 aromatic carbocycles. The van der Waals surface area contributed by atoms with Crippen molar-refractivity contribution in [2.75, 3.05) is 18.8 Å². The first-order valence-corrected chi connectivity index (χ1v) is 7.54. The van der Waals surface area contributed by atoms with Crippen molar-refractivity contribution < 1.29 is 10.0 Å². The molecule has 2 fully saturated rings.